The van der Waals surface area contributed by atoms with E-state index in [2.05, 4.69) is 19.1 Å². The van der Waals surface area contributed by atoms with Crippen LogP contribution < -0.4 is 9.47 Å². The van der Waals surface area contributed by atoms with E-state index in [4.69, 9.17) is 9.47 Å². The molecule has 0 saturated carbocycles. The highest BCUT2D eigenvalue weighted by atomic mass is 16.5. The van der Waals surface area contributed by atoms with E-state index in [1.54, 1.807) is 14.2 Å². The van der Waals surface area contributed by atoms with E-state index in [-0.39, 0.29) is 12.5 Å². The van der Waals surface area contributed by atoms with Gasteiger partial charge in [0.25, 0.3) is 0 Å². The molecule has 2 aromatic rings. The number of ether oxygens (including phenoxy) is 2. The Balaban J connectivity index is 2.33. The molecule has 112 valence electrons. The zero-order valence-electron chi connectivity index (χ0n) is 12.8. The maximum Gasteiger partial charge on any atom is 0.161 e. The lowest BCUT2D eigenvalue weighted by Crippen LogP contribution is -2.05. The lowest BCUT2D eigenvalue weighted by atomic mass is 9.90. The van der Waals surface area contributed by atoms with E-state index in [1.807, 2.05) is 30.3 Å². The van der Waals surface area contributed by atoms with E-state index in [0.717, 1.165) is 17.5 Å². The summed E-state index contributed by atoms with van der Waals surface area (Å²) in [6.07, 6.45) is 0.920. The fraction of sp³-hybridized carbons (Fsp3) is 0.333. The molecule has 1 atom stereocenters. The quantitative estimate of drug-likeness (QED) is 0.882. The van der Waals surface area contributed by atoms with E-state index in [1.165, 1.54) is 5.56 Å². The van der Waals surface area contributed by atoms with Crippen molar-refractivity contribution in [1.82, 2.24) is 0 Å². The number of hydrogen-bond acceptors (Lipinski definition) is 3. The second-order valence-electron chi connectivity index (χ2n) is 5.15. The number of rotatable bonds is 6. The van der Waals surface area contributed by atoms with Crippen molar-refractivity contribution in [2.75, 3.05) is 14.2 Å². The molecule has 0 radical (unpaired) electrons. The van der Waals surface area contributed by atoms with Crippen molar-refractivity contribution in [3.05, 3.63) is 59.2 Å². The minimum Gasteiger partial charge on any atom is -0.493 e. The fourth-order valence-corrected chi connectivity index (χ4v) is 2.61. The van der Waals surface area contributed by atoms with Gasteiger partial charge < -0.3 is 14.6 Å². The highest BCUT2D eigenvalue weighted by molar-refractivity contribution is 5.48. The number of benzene rings is 2. The van der Waals surface area contributed by atoms with Gasteiger partial charge in [-0.3, -0.25) is 0 Å². The van der Waals surface area contributed by atoms with E-state index in [9.17, 15) is 5.11 Å². The molecule has 0 bridgehead atoms. The van der Waals surface area contributed by atoms with Crippen molar-refractivity contribution < 1.29 is 14.6 Å². The smallest absolute Gasteiger partial charge is 0.161 e. The van der Waals surface area contributed by atoms with Crippen LogP contribution in [0.15, 0.2) is 42.5 Å². The number of aliphatic hydroxyl groups is 1. The molecule has 3 heteroatoms. The Morgan fingerprint density at radius 2 is 1.62 bits per heavy atom. The summed E-state index contributed by atoms with van der Waals surface area (Å²) in [5, 5.41) is 9.62. The van der Waals surface area contributed by atoms with Crippen LogP contribution in [0.1, 0.15) is 29.5 Å². The molecular weight excluding hydrogens is 264 g/mol. The zero-order chi connectivity index (χ0) is 15.2. The molecule has 1 N–H and O–H groups in total. The van der Waals surface area contributed by atoms with Gasteiger partial charge >= 0.3 is 0 Å². The molecule has 0 aliphatic carbocycles. The Morgan fingerprint density at radius 1 is 1.00 bits per heavy atom. The molecule has 0 aliphatic heterocycles. The Bertz CT molecular complexity index is 579. The zero-order valence-corrected chi connectivity index (χ0v) is 12.8. The molecule has 0 unspecified atom stereocenters. The molecule has 2 aromatic carbocycles. The first-order valence-electron chi connectivity index (χ1n) is 7.09. The number of methoxy groups -OCH3 is 2. The van der Waals surface area contributed by atoms with Gasteiger partial charge in [-0.25, -0.2) is 0 Å². The third kappa shape index (κ3) is 3.56. The maximum atomic E-state index is 9.62. The summed E-state index contributed by atoms with van der Waals surface area (Å²) in [7, 11) is 3.23. The van der Waals surface area contributed by atoms with Crippen molar-refractivity contribution in [2.45, 2.75) is 25.9 Å². The molecule has 0 fully saturated rings. The first kappa shape index (κ1) is 15.4. The van der Waals surface area contributed by atoms with Crippen molar-refractivity contribution in [1.29, 1.82) is 0 Å². The molecule has 0 aliphatic rings. The van der Waals surface area contributed by atoms with Crippen LogP contribution in [0.2, 0.25) is 0 Å². The molecule has 2 rings (SSSR count). The Kier molecular flexibility index (Phi) is 5.23. The van der Waals surface area contributed by atoms with Crippen LogP contribution in [0.5, 0.6) is 11.5 Å². The highest BCUT2D eigenvalue weighted by Gasteiger charge is 2.16. The van der Waals surface area contributed by atoms with Gasteiger partial charge in [-0.05, 0) is 41.2 Å². The second kappa shape index (κ2) is 7.14. The van der Waals surface area contributed by atoms with Gasteiger partial charge in [0.05, 0.1) is 20.8 Å². The van der Waals surface area contributed by atoms with E-state index in [0.29, 0.717) is 11.5 Å². The van der Waals surface area contributed by atoms with Gasteiger partial charge in [0.15, 0.2) is 11.5 Å². The van der Waals surface area contributed by atoms with Gasteiger partial charge in [-0.15, -0.1) is 0 Å². The minimum absolute atomic E-state index is 0.00514. The normalized spacial score (nSPS) is 12.0. The van der Waals surface area contributed by atoms with Gasteiger partial charge in [0, 0.05) is 0 Å². The third-order valence-corrected chi connectivity index (χ3v) is 3.73. The maximum absolute atomic E-state index is 9.62. The van der Waals surface area contributed by atoms with E-state index < -0.39 is 0 Å². The van der Waals surface area contributed by atoms with Gasteiger partial charge in [-0.1, -0.05) is 37.3 Å². The van der Waals surface area contributed by atoms with Crippen LogP contribution in [0, 0.1) is 0 Å². The molecule has 0 spiro atoms. The first-order chi connectivity index (χ1) is 10.2. The summed E-state index contributed by atoms with van der Waals surface area (Å²) in [4.78, 5) is 0. The first-order valence-corrected chi connectivity index (χ1v) is 7.09. The predicted molar refractivity (Wildman–Crippen MR) is 84.0 cm³/mol. The van der Waals surface area contributed by atoms with Crippen LogP contribution >= 0.6 is 0 Å². The molecule has 0 saturated heterocycles. The summed E-state index contributed by atoms with van der Waals surface area (Å²) in [5.74, 6) is 1.64. The topological polar surface area (TPSA) is 38.7 Å². The Labute approximate surface area is 126 Å². The number of hydrogen-bond donors (Lipinski definition) is 1. The van der Waals surface area contributed by atoms with Crippen molar-refractivity contribution in [2.24, 2.45) is 0 Å². The van der Waals surface area contributed by atoms with Crippen LogP contribution in [0.25, 0.3) is 0 Å². The fourth-order valence-electron chi connectivity index (χ4n) is 2.61. The Morgan fingerprint density at radius 3 is 2.19 bits per heavy atom. The highest BCUT2D eigenvalue weighted by Crippen LogP contribution is 2.35. The monoisotopic (exact) mass is 286 g/mol. The SMILES string of the molecule is COc1cc(CO)c([C@@H](C)Cc2ccccc2)cc1OC. The third-order valence-electron chi connectivity index (χ3n) is 3.73. The second-order valence-corrected chi connectivity index (χ2v) is 5.15. The Hall–Kier alpha value is -2.00. The van der Waals surface area contributed by atoms with Crippen LogP contribution in [-0.4, -0.2) is 19.3 Å². The molecule has 21 heavy (non-hydrogen) atoms. The molecule has 0 amide bonds. The molecular formula is C18H22O3. The van der Waals surface area contributed by atoms with Gasteiger partial charge in [-0.2, -0.15) is 0 Å². The van der Waals surface area contributed by atoms with Crippen LogP contribution in [0.3, 0.4) is 0 Å². The van der Waals surface area contributed by atoms with E-state index >= 15 is 0 Å². The lowest BCUT2D eigenvalue weighted by Gasteiger charge is -2.19. The summed E-state index contributed by atoms with van der Waals surface area (Å²) in [6, 6.07) is 14.2. The summed E-state index contributed by atoms with van der Waals surface area (Å²) in [6.45, 7) is 2.15. The average molecular weight is 286 g/mol. The van der Waals surface area contributed by atoms with Gasteiger partial charge in [0.2, 0.25) is 0 Å². The van der Waals surface area contributed by atoms with Crippen molar-refractivity contribution >= 4 is 0 Å². The van der Waals surface area contributed by atoms with Crippen molar-refractivity contribution in [3.63, 3.8) is 0 Å². The minimum atomic E-state index is -0.00514. The molecule has 3 nitrogen and oxygen atoms in total. The van der Waals surface area contributed by atoms with Crippen LogP contribution in [0.4, 0.5) is 0 Å². The van der Waals surface area contributed by atoms with Gasteiger partial charge in [0.1, 0.15) is 0 Å². The average Bonchev–Trinajstić information content (AvgIpc) is 2.54. The summed E-state index contributed by atoms with van der Waals surface area (Å²) in [5.41, 5.74) is 3.26. The molecule has 0 heterocycles. The standard InChI is InChI=1S/C18H22O3/c1-13(9-14-7-5-4-6-8-14)16-11-18(21-3)17(20-2)10-15(16)12-19/h4-8,10-11,13,19H,9,12H2,1-3H3/t13-/m0/s1. The number of aliphatic hydroxyl groups excluding tert-OH is 1. The molecule has 0 aromatic heterocycles. The summed E-state index contributed by atoms with van der Waals surface area (Å²) >= 11 is 0. The lowest BCUT2D eigenvalue weighted by molar-refractivity contribution is 0.278. The predicted octanol–water partition coefficient (Wildman–Crippen LogP) is 3.54. The van der Waals surface area contributed by atoms with Crippen molar-refractivity contribution in [3.8, 4) is 11.5 Å². The summed E-state index contributed by atoms with van der Waals surface area (Å²) < 4.78 is 10.7. The largest absolute Gasteiger partial charge is 0.493 e. The van der Waals surface area contributed by atoms with Crippen LogP contribution in [-0.2, 0) is 13.0 Å².